The maximum absolute atomic E-state index is 10.2. The molecule has 0 unspecified atom stereocenters. The first-order chi connectivity index (χ1) is 24.1. The van der Waals surface area contributed by atoms with E-state index in [9.17, 15) is 15.3 Å². The molecule has 266 valence electrons. The van der Waals surface area contributed by atoms with Crippen molar-refractivity contribution < 1.29 is 15.3 Å². The molecule has 3 saturated heterocycles. The van der Waals surface area contributed by atoms with Crippen molar-refractivity contribution in [3.8, 4) is 0 Å². The van der Waals surface area contributed by atoms with Gasteiger partial charge < -0.3 is 31.3 Å². The number of hydrogen-bond donors (Lipinski definition) is 6. The molecule has 3 fully saturated rings. The van der Waals surface area contributed by atoms with Crippen LogP contribution in [0.3, 0.4) is 0 Å². The molecule has 7 heteroatoms. The number of nitrogens with zero attached hydrogens (tertiary/aromatic N) is 1. The Bertz CT molecular complexity index is 1250. The second kappa shape index (κ2) is 18.6. The minimum absolute atomic E-state index is 0.234. The van der Waals surface area contributed by atoms with Crippen LogP contribution in [0.5, 0.6) is 0 Å². The molecule has 6 N–H and O–H groups in total. The van der Waals surface area contributed by atoms with Gasteiger partial charge in [-0.25, -0.2) is 0 Å². The molecule has 0 saturated carbocycles. The molecule has 6 rings (SSSR count). The molecule has 3 aromatic carbocycles. The molecule has 0 radical (unpaired) electrons. The van der Waals surface area contributed by atoms with Crippen LogP contribution in [0, 0.1) is 35.5 Å². The number of benzene rings is 3. The van der Waals surface area contributed by atoms with Crippen molar-refractivity contribution in [2.45, 2.75) is 58.2 Å². The molecule has 0 spiro atoms. The quantitative estimate of drug-likeness (QED) is 0.121. The van der Waals surface area contributed by atoms with Crippen LogP contribution >= 0.6 is 0 Å². The minimum atomic E-state index is 0.234. The highest BCUT2D eigenvalue weighted by Gasteiger charge is 2.27. The summed E-state index contributed by atoms with van der Waals surface area (Å²) in [5.41, 5.74) is 7.82. The summed E-state index contributed by atoms with van der Waals surface area (Å²) in [5, 5.41) is 41.1. The van der Waals surface area contributed by atoms with E-state index in [0.717, 1.165) is 97.4 Å². The first-order valence-corrected chi connectivity index (χ1v) is 19.0. The third kappa shape index (κ3) is 10.5. The fraction of sp³-hybridized carbons (Fsp3) is 0.571. The van der Waals surface area contributed by atoms with E-state index in [1.54, 1.807) is 0 Å². The Morgan fingerprint density at radius 3 is 1.06 bits per heavy atom. The zero-order valence-corrected chi connectivity index (χ0v) is 29.4. The zero-order valence-electron chi connectivity index (χ0n) is 29.4. The van der Waals surface area contributed by atoms with Crippen LogP contribution in [0.4, 0.5) is 0 Å². The normalized spacial score (nSPS) is 22.9. The molecular formula is C42H60N4O3. The van der Waals surface area contributed by atoms with Crippen LogP contribution in [-0.4, -0.2) is 79.3 Å². The summed E-state index contributed by atoms with van der Waals surface area (Å²) in [7, 11) is 0. The highest BCUT2D eigenvalue weighted by Crippen LogP contribution is 2.27. The Morgan fingerprint density at radius 1 is 0.490 bits per heavy atom. The van der Waals surface area contributed by atoms with Crippen LogP contribution in [-0.2, 0) is 38.9 Å². The van der Waals surface area contributed by atoms with E-state index in [1.165, 1.54) is 33.4 Å². The Kier molecular flexibility index (Phi) is 13.7. The summed E-state index contributed by atoms with van der Waals surface area (Å²) in [4.78, 5) is 2.55. The molecule has 0 amide bonds. The van der Waals surface area contributed by atoms with Crippen LogP contribution < -0.4 is 16.0 Å². The smallest absolute Gasteiger partial charge is 0.0465 e. The van der Waals surface area contributed by atoms with Gasteiger partial charge in [0.1, 0.15) is 0 Å². The molecule has 0 aromatic heterocycles. The lowest BCUT2D eigenvalue weighted by atomic mass is 9.86. The van der Waals surface area contributed by atoms with Gasteiger partial charge in [-0.1, -0.05) is 72.8 Å². The first kappa shape index (κ1) is 36.2. The second-order valence-electron chi connectivity index (χ2n) is 15.3. The molecule has 3 aliphatic rings. The van der Waals surface area contributed by atoms with E-state index in [-0.39, 0.29) is 37.6 Å². The average molecular weight is 669 g/mol. The van der Waals surface area contributed by atoms with Gasteiger partial charge in [-0.2, -0.15) is 0 Å². The monoisotopic (exact) mass is 668 g/mol. The molecule has 7 nitrogen and oxygen atoms in total. The van der Waals surface area contributed by atoms with E-state index in [2.05, 4.69) is 93.6 Å². The summed E-state index contributed by atoms with van der Waals surface area (Å²) in [6.07, 6.45) is 6.15. The molecule has 49 heavy (non-hydrogen) atoms. The van der Waals surface area contributed by atoms with Crippen LogP contribution in [0.2, 0.25) is 0 Å². The summed E-state index contributed by atoms with van der Waals surface area (Å²) < 4.78 is 0. The third-order valence-electron chi connectivity index (χ3n) is 11.7. The molecule has 6 atom stereocenters. The van der Waals surface area contributed by atoms with Gasteiger partial charge in [-0.05, 0) is 147 Å². The number of aliphatic hydroxyl groups is 3. The zero-order chi connectivity index (χ0) is 33.8. The first-order valence-electron chi connectivity index (χ1n) is 19.0. The standard InChI is InChI=1S/C42H60N4O3/c47-28-40(37-10-13-43-22-37)19-31-4-1-7-34(16-31)25-46(26-35-8-2-5-32(17-35)20-41(29-48)38-11-14-44-23-38)27-36-9-3-6-33(18-36)21-42(30-49)39-12-15-45-24-39/h1-9,16-18,37-45,47-49H,10-15,19-30H2/t37-,38-,39-,40+,41+,42+/m0/s1. The van der Waals surface area contributed by atoms with Crippen molar-refractivity contribution in [3.05, 3.63) is 106 Å². The average Bonchev–Trinajstić information content (AvgIpc) is 3.94. The van der Waals surface area contributed by atoms with E-state index in [0.29, 0.717) is 17.8 Å². The highest BCUT2D eigenvalue weighted by molar-refractivity contribution is 5.28. The van der Waals surface area contributed by atoms with Gasteiger partial charge in [-0.3, -0.25) is 4.90 Å². The number of hydrogen-bond acceptors (Lipinski definition) is 7. The highest BCUT2D eigenvalue weighted by atomic mass is 16.3. The van der Waals surface area contributed by atoms with Crippen molar-refractivity contribution in [2.75, 3.05) is 59.1 Å². The van der Waals surface area contributed by atoms with Gasteiger partial charge in [0, 0.05) is 39.5 Å². The van der Waals surface area contributed by atoms with Crippen LogP contribution in [0.1, 0.15) is 52.6 Å². The maximum Gasteiger partial charge on any atom is 0.0465 e. The summed E-state index contributed by atoms with van der Waals surface area (Å²) in [6, 6.07) is 27.0. The van der Waals surface area contributed by atoms with Crippen LogP contribution in [0.15, 0.2) is 72.8 Å². The van der Waals surface area contributed by atoms with Crippen molar-refractivity contribution >= 4 is 0 Å². The van der Waals surface area contributed by atoms with Gasteiger partial charge in [-0.15, -0.1) is 0 Å². The van der Waals surface area contributed by atoms with Gasteiger partial charge in [0.05, 0.1) is 0 Å². The van der Waals surface area contributed by atoms with E-state index in [1.807, 2.05) is 0 Å². The van der Waals surface area contributed by atoms with E-state index >= 15 is 0 Å². The number of aliphatic hydroxyl groups excluding tert-OH is 3. The second-order valence-corrected chi connectivity index (χ2v) is 15.3. The molecule has 0 aliphatic carbocycles. The lowest BCUT2D eigenvalue weighted by Crippen LogP contribution is -2.25. The number of rotatable bonds is 18. The van der Waals surface area contributed by atoms with E-state index in [4.69, 9.17) is 0 Å². The van der Waals surface area contributed by atoms with Crippen LogP contribution in [0.25, 0.3) is 0 Å². The van der Waals surface area contributed by atoms with Gasteiger partial charge in [0.2, 0.25) is 0 Å². The lowest BCUT2D eigenvalue weighted by Gasteiger charge is -2.25. The summed E-state index contributed by atoms with van der Waals surface area (Å²) in [6.45, 7) is 9.36. The van der Waals surface area contributed by atoms with Gasteiger partial charge in [0.25, 0.3) is 0 Å². The predicted octanol–water partition coefficient (Wildman–Crippen LogP) is 4.17. The Morgan fingerprint density at radius 2 is 0.796 bits per heavy atom. The SMILES string of the molecule is OC[C@@H](Cc1cccc(CN(Cc2cccc(C[C@H](CO)[C@H]3CCNC3)c2)Cc2cccc(C[C@H](CO)[C@H]3CCNC3)c2)c1)[C@H]1CCNC1. The summed E-state index contributed by atoms with van der Waals surface area (Å²) in [5.74, 6) is 2.48. The maximum atomic E-state index is 10.2. The fourth-order valence-electron chi connectivity index (χ4n) is 8.79. The molecule has 3 heterocycles. The van der Waals surface area contributed by atoms with E-state index < -0.39 is 0 Å². The Labute approximate surface area is 294 Å². The van der Waals surface area contributed by atoms with Gasteiger partial charge >= 0.3 is 0 Å². The molecular weight excluding hydrogens is 608 g/mol. The minimum Gasteiger partial charge on any atom is -0.396 e. The Balaban J connectivity index is 1.19. The lowest BCUT2D eigenvalue weighted by molar-refractivity contribution is 0.181. The largest absolute Gasteiger partial charge is 0.396 e. The van der Waals surface area contributed by atoms with Gasteiger partial charge in [0.15, 0.2) is 0 Å². The predicted molar refractivity (Wildman–Crippen MR) is 198 cm³/mol. The van der Waals surface area contributed by atoms with Crippen molar-refractivity contribution in [2.24, 2.45) is 35.5 Å². The molecule has 0 bridgehead atoms. The number of nitrogens with one attached hydrogen (secondary N) is 3. The third-order valence-corrected chi connectivity index (χ3v) is 11.7. The fourth-order valence-corrected chi connectivity index (χ4v) is 8.79. The molecule has 3 aliphatic heterocycles. The van der Waals surface area contributed by atoms with Crippen molar-refractivity contribution in [3.63, 3.8) is 0 Å². The Hall–Kier alpha value is -2.62. The van der Waals surface area contributed by atoms with Crippen molar-refractivity contribution in [1.29, 1.82) is 0 Å². The topological polar surface area (TPSA) is 100 Å². The molecule has 3 aromatic rings. The van der Waals surface area contributed by atoms with Crippen molar-refractivity contribution in [1.82, 2.24) is 20.9 Å². The summed E-state index contributed by atoms with van der Waals surface area (Å²) >= 11 is 0.